The SMILES string of the molecule is CCN(C)C(=O)C(C)NS(=O)(=O)c1c(C(=O)O)n[nH]c1C. The molecule has 0 radical (unpaired) electrons. The number of nitrogens with zero attached hydrogens (tertiary/aromatic N) is 2. The summed E-state index contributed by atoms with van der Waals surface area (Å²) in [5, 5.41) is 14.7. The molecule has 1 atom stereocenters. The van der Waals surface area contributed by atoms with Gasteiger partial charge in [-0.3, -0.25) is 9.89 Å². The molecule has 3 N–H and O–H groups in total. The highest BCUT2D eigenvalue weighted by Gasteiger charge is 2.31. The first-order valence-corrected chi connectivity index (χ1v) is 7.65. The van der Waals surface area contributed by atoms with Gasteiger partial charge in [-0.05, 0) is 20.8 Å². The normalized spacial score (nSPS) is 13.0. The third-order valence-corrected chi connectivity index (χ3v) is 4.62. The molecule has 0 spiro atoms. The molecule has 9 nitrogen and oxygen atoms in total. The minimum atomic E-state index is -4.18. The van der Waals surface area contributed by atoms with E-state index >= 15 is 0 Å². The lowest BCUT2D eigenvalue weighted by atomic mass is 10.3. The highest BCUT2D eigenvalue weighted by Crippen LogP contribution is 2.18. The van der Waals surface area contributed by atoms with E-state index in [2.05, 4.69) is 14.9 Å². The van der Waals surface area contributed by atoms with Crippen LogP contribution >= 0.6 is 0 Å². The number of likely N-dealkylation sites (N-methyl/N-ethyl adjacent to an activating group) is 1. The van der Waals surface area contributed by atoms with Crippen molar-refractivity contribution in [3.63, 3.8) is 0 Å². The molecule has 1 amide bonds. The van der Waals surface area contributed by atoms with Gasteiger partial charge in [0.2, 0.25) is 15.9 Å². The highest BCUT2D eigenvalue weighted by atomic mass is 32.2. The van der Waals surface area contributed by atoms with E-state index in [0.29, 0.717) is 6.54 Å². The number of carbonyl (C=O) groups is 2. The Bertz CT molecular complexity index is 652. The van der Waals surface area contributed by atoms with Crippen LogP contribution in [0, 0.1) is 6.92 Å². The van der Waals surface area contributed by atoms with Crippen molar-refractivity contribution in [3.05, 3.63) is 11.4 Å². The average molecular weight is 318 g/mol. The fraction of sp³-hybridized carbons (Fsp3) is 0.545. The first-order chi connectivity index (χ1) is 9.61. The lowest BCUT2D eigenvalue weighted by molar-refractivity contribution is -0.131. The second-order valence-electron chi connectivity index (χ2n) is 4.53. The fourth-order valence-corrected chi connectivity index (χ4v) is 3.24. The van der Waals surface area contributed by atoms with Crippen LogP contribution in [-0.2, 0) is 14.8 Å². The van der Waals surface area contributed by atoms with Crippen LogP contribution in [0.1, 0.15) is 30.0 Å². The molecule has 1 unspecified atom stereocenters. The van der Waals surface area contributed by atoms with Crippen LogP contribution in [0.3, 0.4) is 0 Å². The van der Waals surface area contributed by atoms with Crippen molar-refractivity contribution in [1.82, 2.24) is 19.8 Å². The molecular weight excluding hydrogens is 300 g/mol. The van der Waals surface area contributed by atoms with Gasteiger partial charge in [0, 0.05) is 13.6 Å². The van der Waals surface area contributed by atoms with E-state index < -0.39 is 38.5 Å². The summed E-state index contributed by atoms with van der Waals surface area (Å²) in [7, 11) is -2.64. The zero-order valence-electron chi connectivity index (χ0n) is 12.2. The lowest BCUT2D eigenvalue weighted by Crippen LogP contribution is -2.45. The number of carbonyl (C=O) groups excluding carboxylic acids is 1. The molecule has 0 fully saturated rings. The number of rotatable bonds is 6. The zero-order valence-corrected chi connectivity index (χ0v) is 13.0. The second-order valence-corrected chi connectivity index (χ2v) is 6.18. The third kappa shape index (κ3) is 3.58. The molecule has 0 saturated carbocycles. The van der Waals surface area contributed by atoms with Gasteiger partial charge < -0.3 is 10.0 Å². The first kappa shape index (κ1) is 17.1. The largest absolute Gasteiger partial charge is 0.476 e. The number of hydrogen-bond acceptors (Lipinski definition) is 5. The Kier molecular flexibility index (Phi) is 5.07. The maximum absolute atomic E-state index is 12.3. The van der Waals surface area contributed by atoms with E-state index in [1.165, 1.54) is 18.7 Å². The molecule has 0 aliphatic carbocycles. The molecule has 0 aromatic carbocycles. The Balaban J connectivity index is 3.11. The maximum Gasteiger partial charge on any atom is 0.357 e. The number of nitrogens with one attached hydrogen (secondary N) is 2. The van der Waals surface area contributed by atoms with Gasteiger partial charge in [0.1, 0.15) is 4.90 Å². The maximum atomic E-state index is 12.3. The zero-order chi connectivity index (χ0) is 16.4. The Hall–Kier alpha value is -1.94. The van der Waals surface area contributed by atoms with E-state index in [-0.39, 0.29) is 5.69 Å². The summed E-state index contributed by atoms with van der Waals surface area (Å²) in [6.07, 6.45) is 0. The summed E-state index contributed by atoms with van der Waals surface area (Å²) < 4.78 is 26.7. The summed E-state index contributed by atoms with van der Waals surface area (Å²) in [6, 6.07) is -1.02. The van der Waals surface area contributed by atoms with E-state index in [0.717, 1.165) is 0 Å². The molecule has 0 saturated heterocycles. The molecule has 10 heteroatoms. The third-order valence-electron chi connectivity index (χ3n) is 2.92. The van der Waals surface area contributed by atoms with Gasteiger partial charge in [0.15, 0.2) is 5.69 Å². The molecule has 0 aliphatic heterocycles. The van der Waals surface area contributed by atoms with Crippen LogP contribution in [-0.4, -0.2) is 60.1 Å². The molecule has 1 aromatic heterocycles. The van der Waals surface area contributed by atoms with Crippen LogP contribution < -0.4 is 4.72 Å². The standard InChI is InChI=1S/C11H18N4O5S/c1-5-15(4)10(16)7(3)14-21(19,20)9-6(2)12-13-8(9)11(17)18/h7,14H,5H2,1-4H3,(H,12,13)(H,17,18). The smallest absolute Gasteiger partial charge is 0.357 e. The number of sulfonamides is 1. The lowest BCUT2D eigenvalue weighted by Gasteiger charge is -2.20. The van der Waals surface area contributed by atoms with Crippen molar-refractivity contribution in [2.75, 3.05) is 13.6 Å². The van der Waals surface area contributed by atoms with E-state index in [1.807, 2.05) is 0 Å². The molecule has 0 bridgehead atoms. The number of aromatic carboxylic acids is 1. The number of H-pyrrole nitrogens is 1. The molecule has 118 valence electrons. The minimum absolute atomic E-state index is 0.0865. The molecule has 0 aliphatic rings. The number of aryl methyl sites for hydroxylation is 1. The number of aromatic amines is 1. The van der Waals surface area contributed by atoms with Crippen molar-refractivity contribution in [2.45, 2.75) is 31.7 Å². The van der Waals surface area contributed by atoms with Crippen molar-refractivity contribution in [2.24, 2.45) is 0 Å². The van der Waals surface area contributed by atoms with Crippen molar-refractivity contribution in [3.8, 4) is 0 Å². The van der Waals surface area contributed by atoms with Gasteiger partial charge in [-0.1, -0.05) is 0 Å². The summed E-state index contributed by atoms with van der Waals surface area (Å²) in [6.45, 7) is 4.96. The van der Waals surface area contributed by atoms with Crippen molar-refractivity contribution < 1.29 is 23.1 Å². The monoisotopic (exact) mass is 318 g/mol. The molecule has 21 heavy (non-hydrogen) atoms. The van der Waals surface area contributed by atoms with Gasteiger partial charge in [0.05, 0.1) is 11.7 Å². The Morgan fingerprint density at radius 3 is 2.52 bits per heavy atom. The highest BCUT2D eigenvalue weighted by molar-refractivity contribution is 7.89. The van der Waals surface area contributed by atoms with Crippen LogP contribution in [0.5, 0.6) is 0 Å². The summed E-state index contributed by atoms with van der Waals surface area (Å²) in [5.41, 5.74) is -0.521. The Morgan fingerprint density at radius 2 is 2.05 bits per heavy atom. The van der Waals surface area contributed by atoms with Gasteiger partial charge >= 0.3 is 5.97 Å². The number of aromatic nitrogens is 2. The Morgan fingerprint density at radius 1 is 1.48 bits per heavy atom. The molecule has 1 heterocycles. The van der Waals surface area contributed by atoms with Gasteiger partial charge in [-0.15, -0.1) is 0 Å². The number of carboxylic acids is 1. The summed E-state index contributed by atoms with van der Waals surface area (Å²) >= 11 is 0. The summed E-state index contributed by atoms with van der Waals surface area (Å²) in [5.74, 6) is -1.89. The quantitative estimate of drug-likeness (QED) is 0.651. The van der Waals surface area contributed by atoms with Crippen LogP contribution in [0.25, 0.3) is 0 Å². The molecule has 1 aromatic rings. The summed E-state index contributed by atoms with van der Waals surface area (Å²) in [4.78, 5) is 23.8. The van der Waals surface area contributed by atoms with Crippen LogP contribution in [0.2, 0.25) is 0 Å². The number of hydrogen-bond donors (Lipinski definition) is 3. The first-order valence-electron chi connectivity index (χ1n) is 6.17. The van der Waals surface area contributed by atoms with Crippen molar-refractivity contribution >= 4 is 21.9 Å². The minimum Gasteiger partial charge on any atom is -0.476 e. The topological polar surface area (TPSA) is 132 Å². The second kappa shape index (κ2) is 6.22. The average Bonchev–Trinajstić information content (AvgIpc) is 2.79. The van der Waals surface area contributed by atoms with Gasteiger partial charge in [0.25, 0.3) is 0 Å². The predicted molar refractivity (Wildman–Crippen MR) is 73.4 cm³/mol. The molecular formula is C11H18N4O5S. The predicted octanol–water partition coefficient (Wildman–Crippen LogP) is -0.439. The van der Waals surface area contributed by atoms with Gasteiger partial charge in [-0.25, -0.2) is 13.2 Å². The van der Waals surface area contributed by atoms with Crippen LogP contribution in [0.4, 0.5) is 0 Å². The van der Waals surface area contributed by atoms with Gasteiger partial charge in [-0.2, -0.15) is 9.82 Å². The Labute approximate surface area is 122 Å². The fourth-order valence-electron chi connectivity index (χ4n) is 1.72. The van der Waals surface area contributed by atoms with E-state index in [4.69, 9.17) is 5.11 Å². The van der Waals surface area contributed by atoms with E-state index in [9.17, 15) is 18.0 Å². The number of amides is 1. The van der Waals surface area contributed by atoms with Crippen molar-refractivity contribution in [1.29, 1.82) is 0 Å². The van der Waals surface area contributed by atoms with E-state index in [1.54, 1.807) is 14.0 Å². The van der Waals surface area contributed by atoms with Crippen LogP contribution in [0.15, 0.2) is 4.90 Å². The molecule has 1 rings (SSSR count). The number of carboxylic acid groups (broad SMARTS) is 1.